The molecule has 2 rings (SSSR count). The normalized spacial score (nSPS) is 18.1. The summed E-state index contributed by atoms with van der Waals surface area (Å²) in [6, 6.07) is 8.19. The van der Waals surface area contributed by atoms with E-state index in [0.717, 1.165) is 18.0 Å². The summed E-state index contributed by atoms with van der Waals surface area (Å²) < 4.78 is 0. The number of anilines is 1. The predicted molar refractivity (Wildman–Crippen MR) is 60.2 cm³/mol. The molecule has 14 heavy (non-hydrogen) atoms. The number of likely N-dealkylation sites (tertiary alicyclic amines) is 1. The van der Waals surface area contributed by atoms with Gasteiger partial charge in [0.05, 0.1) is 0 Å². The van der Waals surface area contributed by atoms with Crippen molar-refractivity contribution in [2.45, 2.75) is 12.8 Å². The molecule has 0 unspecified atom stereocenters. The fraction of sp³-hybridized carbons (Fsp3) is 0.500. The minimum atomic E-state index is 0.889. The van der Waals surface area contributed by atoms with E-state index in [9.17, 15) is 0 Å². The SMILES string of the molecule is CN1CC(CCc2ccccc2N)C1. The lowest BCUT2D eigenvalue weighted by atomic mass is 9.93. The number of hydrogen-bond acceptors (Lipinski definition) is 2. The lowest BCUT2D eigenvalue weighted by Crippen LogP contribution is -2.43. The molecule has 0 bridgehead atoms. The van der Waals surface area contributed by atoms with Gasteiger partial charge in [-0.2, -0.15) is 0 Å². The van der Waals surface area contributed by atoms with E-state index in [1.165, 1.54) is 25.1 Å². The first-order valence-electron chi connectivity index (χ1n) is 5.27. The van der Waals surface area contributed by atoms with E-state index >= 15 is 0 Å². The molecule has 0 radical (unpaired) electrons. The molecule has 0 aromatic heterocycles. The number of nitrogens with zero attached hydrogens (tertiary/aromatic N) is 1. The summed E-state index contributed by atoms with van der Waals surface area (Å²) in [4.78, 5) is 2.36. The quantitative estimate of drug-likeness (QED) is 0.736. The van der Waals surface area contributed by atoms with E-state index in [-0.39, 0.29) is 0 Å². The van der Waals surface area contributed by atoms with E-state index in [1.807, 2.05) is 12.1 Å². The molecular formula is C12H18N2. The van der Waals surface area contributed by atoms with Crippen molar-refractivity contribution in [3.63, 3.8) is 0 Å². The summed E-state index contributed by atoms with van der Waals surface area (Å²) in [5.41, 5.74) is 8.14. The predicted octanol–water partition coefficient (Wildman–Crippen LogP) is 1.76. The summed E-state index contributed by atoms with van der Waals surface area (Å²) in [6.45, 7) is 2.51. The minimum absolute atomic E-state index is 0.889. The fourth-order valence-electron chi connectivity index (χ4n) is 2.13. The largest absolute Gasteiger partial charge is 0.399 e. The van der Waals surface area contributed by atoms with Gasteiger partial charge in [-0.15, -0.1) is 0 Å². The first kappa shape index (κ1) is 9.53. The van der Waals surface area contributed by atoms with Crippen molar-refractivity contribution in [3.8, 4) is 0 Å². The number of rotatable bonds is 3. The summed E-state index contributed by atoms with van der Waals surface area (Å²) >= 11 is 0. The topological polar surface area (TPSA) is 29.3 Å². The van der Waals surface area contributed by atoms with Gasteiger partial charge in [-0.05, 0) is 37.4 Å². The van der Waals surface area contributed by atoms with E-state index < -0.39 is 0 Å². The number of aryl methyl sites for hydroxylation is 1. The lowest BCUT2D eigenvalue weighted by Gasteiger charge is -2.36. The number of para-hydroxylation sites is 1. The van der Waals surface area contributed by atoms with Crippen LogP contribution in [0.5, 0.6) is 0 Å². The summed E-state index contributed by atoms with van der Waals surface area (Å²) in [7, 11) is 2.17. The Kier molecular flexibility index (Phi) is 2.73. The van der Waals surface area contributed by atoms with Crippen molar-refractivity contribution < 1.29 is 0 Å². The smallest absolute Gasteiger partial charge is 0.0346 e. The van der Waals surface area contributed by atoms with Crippen LogP contribution in [0.15, 0.2) is 24.3 Å². The van der Waals surface area contributed by atoms with Crippen LogP contribution in [0, 0.1) is 5.92 Å². The molecule has 1 fully saturated rings. The van der Waals surface area contributed by atoms with Crippen molar-refractivity contribution in [2.24, 2.45) is 5.92 Å². The average Bonchev–Trinajstić information content (AvgIpc) is 2.13. The maximum absolute atomic E-state index is 5.88. The van der Waals surface area contributed by atoms with Crippen LogP contribution in [-0.4, -0.2) is 25.0 Å². The maximum atomic E-state index is 5.88. The molecule has 1 saturated heterocycles. The van der Waals surface area contributed by atoms with Crippen LogP contribution >= 0.6 is 0 Å². The van der Waals surface area contributed by atoms with Gasteiger partial charge in [-0.1, -0.05) is 18.2 Å². The molecule has 0 atom stereocenters. The second-order valence-corrected chi connectivity index (χ2v) is 4.32. The second-order valence-electron chi connectivity index (χ2n) is 4.32. The number of benzene rings is 1. The summed E-state index contributed by atoms with van der Waals surface area (Å²) in [5.74, 6) is 0.889. The maximum Gasteiger partial charge on any atom is 0.0346 e. The van der Waals surface area contributed by atoms with Crippen LogP contribution in [0.3, 0.4) is 0 Å². The van der Waals surface area contributed by atoms with Gasteiger partial charge in [-0.3, -0.25) is 0 Å². The zero-order valence-electron chi connectivity index (χ0n) is 8.74. The molecule has 0 amide bonds. The van der Waals surface area contributed by atoms with Gasteiger partial charge < -0.3 is 10.6 Å². The Morgan fingerprint density at radius 1 is 1.36 bits per heavy atom. The van der Waals surface area contributed by atoms with Crippen LogP contribution in [-0.2, 0) is 6.42 Å². The van der Waals surface area contributed by atoms with E-state index in [2.05, 4.69) is 24.1 Å². The molecule has 1 aromatic rings. The van der Waals surface area contributed by atoms with Gasteiger partial charge in [0.2, 0.25) is 0 Å². The fourth-order valence-corrected chi connectivity index (χ4v) is 2.13. The third-order valence-corrected chi connectivity index (χ3v) is 3.02. The second kappa shape index (κ2) is 4.01. The molecule has 0 spiro atoms. The molecule has 1 heterocycles. The van der Waals surface area contributed by atoms with Crippen LogP contribution in [0.4, 0.5) is 5.69 Å². The standard InChI is InChI=1S/C12H18N2/c1-14-8-10(9-14)6-7-11-4-2-3-5-12(11)13/h2-5,10H,6-9,13H2,1H3. The van der Waals surface area contributed by atoms with Crippen LogP contribution in [0.1, 0.15) is 12.0 Å². The van der Waals surface area contributed by atoms with Gasteiger partial charge >= 0.3 is 0 Å². The van der Waals surface area contributed by atoms with Crippen molar-refractivity contribution in [1.29, 1.82) is 0 Å². The van der Waals surface area contributed by atoms with Gasteiger partial charge in [0.25, 0.3) is 0 Å². The molecule has 2 nitrogen and oxygen atoms in total. The van der Waals surface area contributed by atoms with Crippen molar-refractivity contribution >= 4 is 5.69 Å². The van der Waals surface area contributed by atoms with Gasteiger partial charge in [-0.25, -0.2) is 0 Å². The Labute approximate surface area is 85.7 Å². The molecule has 2 N–H and O–H groups in total. The van der Waals surface area contributed by atoms with Crippen LogP contribution in [0.2, 0.25) is 0 Å². The lowest BCUT2D eigenvalue weighted by molar-refractivity contribution is 0.127. The molecule has 0 saturated carbocycles. The first-order valence-corrected chi connectivity index (χ1v) is 5.27. The first-order chi connectivity index (χ1) is 6.75. The number of nitrogen functional groups attached to an aromatic ring is 1. The monoisotopic (exact) mass is 190 g/mol. The summed E-state index contributed by atoms with van der Waals surface area (Å²) in [6.07, 6.45) is 2.41. The highest BCUT2D eigenvalue weighted by Crippen LogP contribution is 2.21. The highest BCUT2D eigenvalue weighted by molar-refractivity contribution is 5.46. The zero-order chi connectivity index (χ0) is 9.97. The molecule has 2 heteroatoms. The van der Waals surface area contributed by atoms with E-state index in [4.69, 9.17) is 5.73 Å². The minimum Gasteiger partial charge on any atom is -0.399 e. The van der Waals surface area contributed by atoms with Crippen molar-refractivity contribution in [2.75, 3.05) is 25.9 Å². The summed E-state index contributed by atoms with van der Waals surface area (Å²) in [5, 5.41) is 0. The Morgan fingerprint density at radius 3 is 2.71 bits per heavy atom. The third-order valence-electron chi connectivity index (χ3n) is 3.02. The molecular weight excluding hydrogens is 172 g/mol. The highest BCUT2D eigenvalue weighted by atomic mass is 15.2. The van der Waals surface area contributed by atoms with Gasteiger partial charge in [0.15, 0.2) is 0 Å². The van der Waals surface area contributed by atoms with E-state index in [1.54, 1.807) is 0 Å². The molecule has 1 aliphatic heterocycles. The molecule has 1 aromatic carbocycles. The number of nitrogens with two attached hydrogens (primary N) is 1. The average molecular weight is 190 g/mol. The Balaban J connectivity index is 1.83. The van der Waals surface area contributed by atoms with Crippen molar-refractivity contribution in [1.82, 2.24) is 4.90 Å². The molecule has 1 aliphatic rings. The van der Waals surface area contributed by atoms with Crippen LogP contribution in [0.25, 0.3) is 0 Å². The zero-order valence-corrected chi connectivity index (χ0v) is 8.74. The third kappa shape index (κ3) is 2.07. The van der Waals surface area contributed by atoms with Crippen molar-refractivity contribution in [3.05, 3.63) is 29.8 Å². The Bertz CT molecular complexity index is 303. The Hall–Kier alpha value is -1.02. The van der Waals surface area contributed by atoms with Gasteiger partial charge in [0.1, 0.15) is 0 Å². The highest BCUT2D eigenvalue weighted by Gasteiger charge is 2.22. The Morgan fingerprint density at radius 2 is 2.07 bits per heavy atom. The van der Waals surface area contributed by atoms with Gasteiger partial charge in [0, 0.05) is 18.8 Å². The molecule has 76 valence electrons. The van der Waals surface area contributed by atoms with E-state index in [0.29, 0.717) is 0 Å². The number of hydrogen-bond donors (Lipinski definition) is 1. The van der Waals surface area contributed by atoms with Crippen LogP contribution < -0.4 is 5.73 Å². The molecule has 0 aliphatic carbocycles.